The van der Waals surface area contributed by atoms with E-state index in [1.807, 2.05) is 0 Å². The first-order valence-electron chi connectivity index (χ1n) is 8.74. The van der Waals surface area contributed by atoms with Gasteiger partial charge in [0, 0.05) is 23.0 Å². The van der Waals surface area contributed by atoms with Crippen molar-refractivity contribution in [3.8, 4) is 0 Å². The maximum Gasteiger partial charge on any atom is 0.280 e. The average Bonchev–Trinajstić information content (AvgIpc) is 3.30. The molecule has 0 spiro atoms. The summed E-state index contributed by atoms with van der Waals surface area (Å²) in [5.74, 6) is -0.794. The summed E-state index contributed by atoms with van der Waals surface area (Å²) >= 11 is 6.02. The van der Waals surface area contributed by atoms with Gasteiger partial charge >= 0.3 is 0 Å². The zero-order valence-corrected chi connectivity index (χ0v) is 16.2. The maximum atomic E-state index is 13.2. The summed E-state index contributed by atoms with van der Waals surface area (Å²) in [4.78, 5) is 16.8. The van der Waals surface area contributed by atoms with Gasteiger partial charge in [0.05, 0.1) is 12.7 Å². The minimum Gasteiger partial charge on any atom is -0.305 e. The Kier molecular flexibility index (Phi) is 5.17. The zero-order chi connectivity index (χ0) is 21.4. The molecule has 0 saturated carbocycles. The summed E-state index contributed by atoms with van der Waals surface area (Å²) in [6.07, 6.45) is 0.0278. The lowest BCUT2D eigenvalue weighted by Gasteiger charge is -2.06. The molecule has 1 aromatic carbocycles. The number of aromatic nitrogens is 5. The number of carbonyl (C=O) groups excluding carboxylic acids is 1. The largest absolute Gasteiger partial charge is 0.305 e. The van der Waals surface area contributed by atoms with Crippen molar-refractivity contribution in [2.75, 3.05) is 5.32 Å². The van der Waals surface area contributed by atoms with Crippen molar-refractivity contribution in [2.24, 2.45) is 0 Å². The smallest absolute Gasteiger partial charge is 0.280 e. The van der Waals surface area contributed by atoms with Crippen LogP contribution in [-0.2, 0) is 6.54 Å². The number of aryl methyl sites for hydroxylation is 1. The van der Waals surface area contributed by atoms with E-state index in [4.69, 9.17) is 11.6 Å². The molecule has 0 aliphatic rings. The van der Waals surface area contributed by atoms with Gasteiger partial charge in [-0.3, -0.25) is 9.48 Å². The number of hydrogen-bond acceptors (Lipinski definition) is 4. The molecule has 4 rings (SSSR count). The van der Waals surface area contributed by atoms with E-state index in [9.17, 15) is 18.0 Å². The van der Waals surface area contributed by atoms with Crippen LogP contribution in [0.5, 0.6) is 0 Å². The molecule has 0 radical (unpaired) electrons. The van der Waals surface area contributed by atoms with Crippen LogP contribution in [0.1, 0.15) is 33.7 Å². The van der Waals surface area contributed by atoms with Gasteiger partial charge in [-0.25, -0.2) is 22.7 Å². The fourth-order valence-electron chi connectivity index (χ4n) is 2.95. The van der Waals surface area contributed by atoms with Crippen LogP contribution in [0.4, 0.5) is 19.0 Å². The molecule has 1 N–H and O–H groups in total. The third kappa shape index (κ3) is 3.86. The quantitative estimate of drug-likeness (QED) is 0.509. The van der Waals surface area contributed by atoms with Crippen LogP contribution in [0.2, 0.25) is 5.02 Å². The van der Waals surface area contributed by atoms with Crippen LogP contribution in [-0.4, -0.2) is 30.3 Å². The summed E-state index contributed by atoms with van der Waals surface area (Å²) < 4.78 is 42.1. The second kappa shape index (κ2) is 7.79. The highest BCUT2D eigenvalue weighted by Crippen LogP contribution is 2.22. The lowest BCUT2D eigenvalue weighted by Crippen LogP contribution is -2.13. The van der Waals surface area contributed by atoms with E-state index in [0.29, 0.717) is 11.3 Å². The number of anilines is 1. The molecule has 0 atom stereocenters. The molecule has 3 heterocycles. The number of nitrogens with one attached hydrogen (secondary N) is 1. The Bertz CT molecular complexity index is 1250. The summed E-state index contributed by atoms with van der Waals surface area (Å²) in [5.41, 5.74) is 0.711. The molecule has 7 nitrogen and oxygen atoms in total. The molecule has 1 amide bonds. The number of halogens is 4. The first-order valence-corrected chi connectivity index (χ1v) is 9.12. The molecule has 0 aliphatic carbocycles. The highest BCUT2D eigenvalue weighted by Gasteiger charge is 2.20. The van der Waals surface area contributed by atoms with Crippen LogP contribution < -0.4 is 5.32 Å². The van der Waals surface area contributed by atoms with Crippen molar-refractivity contribution in [1.29, 1.82) is 0 Å². The Morgan fingerprint density at radius 2 is 2.07 bits per heavy atom. The number of alkyl halides is 2. The monoisotopic (exact) mass is 434 g/mol. The van der Waals surface area contributed by atoms with Gasteiger partial charge in [-0.05, 0) is 30.7 Å². The fraction of sp³-hybridized carbons (Fsp3) is 0.158. The minimum atomic E-state index is -2.76. The van der Waals surface area contributed by atoms with E-state index < -0.39 is 18.1 Å². The van der Waals surface area contributed by atoms with Gasteiger partial charge in [0.2, 0.25) is 0 Å². The molecule has 3 aromatic heterocycles. The SMILES string of the molecule is Cc1cc(C(F)F)n2ncc(C(=O)Nc3ccn(Cc4ccc(F)cc4Cl)n3)c2n1. The molecule has 154 valence electrons. The molecule has 0 unspecified atom stereocenters. The van der Waals surface area contributed by atoms with Gasteiger partial charge in [0.1, 0.15) is 17.1 Å². The topological polar surface area (TPSA) is 77.1 Å². The van der Waals surface area contributed by atoms with Crippen molar-refractivity contribution in [2.45, 2.75) is 19.9 Å². The van der Waals surface area contributed by atoms with Gasteiger partial charge in [0.15, 0.2) is 11.5 Å². The number of fused-ring (bicyclic) bond motifs is 1. The Labute approximate surface area is 173 Å². The summed E-state index contributed by atoms with van der Waals surface area (Å²) in [5, 5.41) is 10.9. The number of amides is 1. The molecular formula is C19H14ClF3N6O. The van der Waals surface area contributed by atoms with Gasteiger partial charge in [-0.15, -0.1) is 0 Å². The lowest BCUT2D eigenvalue weighted by atomic mass is 10.2. The van der Waals surface area contributed by atoms with Gasteiger partial charge in [-0.2, -0.15) is 10.2 Å². The van der Waals surface area contributed by atoms with E-state index in [1.165, 1.54) is 29.1 Å². The van der Waals surface area contributed by atoms with Gasteiger partial charge in [-0.1, -0.05) is 17.7 Å². The number of carbonyl (C=O) groups is 1. The molecule has 0 aliphatic heterocycles. The van der Waals surface area contributed by atoms with Crippen molar-refractivity contribution >= 4 is 29.0 Å². The van der Waals surface area contributed by atoms with Gasteiger partial charge < -0.3 is 5.32 Å². The van der Waals surface area contributed by atoms with E-state index in [2.05, 4.69) is 20.5 Å². The van der Waals surface area contributed by atoms with E-state index in [-0.39, 0.29) is 34.3 Å². The van der Waals surface area contributed by atoms with E-state index >= 15 is 0 Å². The van der Waals surface area contributed by atoms with E-state index in [1.54, 1.807) is 25.3 Å². The van der Waals surface area contributed by atoms with Crippen molar-refractivity contribution in [1.82, 2.24) is 24.4 Å². The second-order valence-electron chi connectivity index (χ2n) is 6.51. The zero-order valence-electron chi connectivity index (χ0n) is 15.5. The van der Waals surface area contributed by atoms with Crippen LogP contribution in [0.15, 0.2) is 42.7 Å². The van der Waals surface area contributed by atoms with Crippen LogP contribution in [0.3, 0.4) is 0 Å². The van der Waals surface area contributed by atoms with Crippen LogP contribution >= 0.6 is 11.6 Å². The predicted molar refractivity (Wildman–Crippen MR) is 103 cm³/mol. The minimum absolute atomic E-state index is 0.0281. The Morgan fingerprint density at radius 1 is 1.27 bits per heavy atom. The highest BCUT2D eigenvalue weighted by molar-refractivity contribution is 6.31. The molecule has 0 saturated heterocycles. The Morgan fingerprint density at radius 3 is 2.80 bits per heavy atom. The number of nitrogens with zero attached hydrogens (tertiary/aromatic N) is 5. The standard InChI is InChI=1S/C19H14ClF3N6O/c1-10-6-15(17(22)23)29-18(25-10)13(8-24-29)19(30)26-16-4-5-28(27-16)9-11-2-3-12(21)7-14(11)20/h2-8,17H,9H2,1H3,(H,26,27,30). The molecule has 11 heteroatoms. The van der Waals surface area contributed by atoms with Gasteiger partial charge in [0.25, 0.3) is 12.3 Å². The maximum absolute atomic E-state index is 13.2. The summed E-state index contributed by atoms with van der Waals surface area (Å²) in [6.45, 7) is 1.83. The normalized spacial score (nSPS) is 11.4. The number of rotatable bonds is 5. The third-order valence-corrected chi connectivity index (χ3v) is 4.68. The Balaban J connectivity index is 1.55. The molecule has 0 bridgehead atoms. The molecular weight excluding hydrogens is 421 g/mol. The molecule has 30 heavy (non-hydrogen) atoms. The summed E-state index contributed by atoms with van der Waals surface area (Å²) in [7, 11) is 0. The Hall–Kier alpha value is -3.40. The lowest BCUT2D eigenvalue weighted by molar-refractivity contribution is 0.102. The van der Waals surface area contributed by atoms with E-state index in [0.717, 1.165) is 4.52 Å². The van der Waals surface area contributed by atoms with Crippen molar-refractivity contribution < 1.29 is 18.0 Å². The molecule has 0 fully saturated rings. The second-order valence-corrected chi connectivity index (χ2v) is 6.91. The molecule has 4 aromatic rings. The first-order chi connectivity index (χ1) is 14.3. The number of benzene rings is 1. The third-order valence-electron chi connectivity index (χ3n) is 4.33. The van der Waals surface area contributed by atoms with Crippen molar-refractivity contribution in [3.63, 3.8) is 0 Å². The number of hydrogen-bond donors (Lipinski definition) is 1. The van der Waals surface area contributed by atoms with Crippen LogP contribution in [0, 0.1) is 12.7 Å². The predicted octanol–water partition coefficient (Wildman–Crippen LogP) is 4.26. The summed E-state index contributed by atoms with van der Waals surface area (Å²) in [6, 6.07) is 6.82. The first kappa shape index (κ1) is 19.9. The highest BCUT2D eigenvalue weighted by atomic mass is 35.5. The van der Waals surface area contributed by atoms with Crippen molar-refractivity contribution in [3.05, 3.63) is 76.1 Å². The fourth-order valence-corrected chi connectivity index (χ4v) is 3.18. The average molecular weight is 435 g/mol. The van der Waals surface area contributed by atoms with Crippen LogP contribution in [0.25, 0.3) is 5.65 Å².